The SMILES string of the molecule is COc1cc2c(cc1O[C@H](C)C1CCC1)CCN1C[C@@H](OC(C)(C)C)[C@H](O)C[C@H]21. The van der Waals surface area contributed by atoms with Gasteiger partial charge in [-0.3, -0.25) is 4.90 Å². The number of methoxy groups -OCH3 is 1. The lowest BCUT2D eigenvalue weighted by Gasteiger charge is -2.47. The first-order chi connectivity index (χ1) is 13.7. The van der Waals surface area contributed by atoms with Crippen molar-refractivity contribution >= 4 is 0 Å². The smallest absolute Gasteiger partial charge is 0.161 e. The zero-order valence-electron chi connectivity index (χ0n) is 18.6. The molecule has 2 fully saturated rings. The van der Waals surface area contributed by atoms with Gasteiger partial charge in [0.15, 0.2) is 11.5 Å². The highest BCUT2D eigenvalue weighted by molar-refractivity contribution is 5.50. The fourth-order valence-corrected chi connectivity index (χ4v) is 5.02. The van der Waals surface area contributed by atoms with Crippen LogP contribution in [-0.2, 0) is 11.2 Å². The molecule has 0 bridgehead atoms. The predicted octanol–water partition coefficient (Wildman–Crippen LogP) is 4.11. The van der Waals surface area contributed by atoms with Crippen LogP contribution in [0.3, 0.4) is 0 Å². The molecule has 162 valence electrons. The molecular formula is C24H37NO4. The number of aliphatic hydroxyl groups is 1. The van der Waals surface area contributed by atoms with Gasteiger partial charge in [-0.2, -0.15) is 0 Å². The van der Waals surface area contributed by atoms with Gasteiger partial charge < -0.3 is 19.3 Å². The zero-order chi connectivity index (χ0) is 20.8. The van der Waals surface area contributed by atoms with E-state index in [1.807, 2.05) is 20.8 Å². The largest absolute Gasteiger partial charge is 0.493 e. The van der Waals surface area contributed by atoms with Crippen LogP contribution in [0.5, 0.6) is 11.5 Å². The molecule has 0 aromatic heterocycles. The third-order valence-electron chi connectivity index (χ3n) is 6.83. The van der Waals surface area contributed by atoms with Crippen LogP contribution in [0.2, 0.25) is 0 Å². The number of fused-ring (bicyclic) bond motifs is 3. The molecule has 29 heavy (non-hydrogen) atoms. The van der Waals surface area contributed by atoms with Gasteiger partial charge in [0.2, 0.25) is 0 Å². The summed E-state index contributed by atoms with van der Waals surface area (Å²) in [5.74, 6) is 2.34. The molecular weight excluding hydrogens is 366 g/mol. The summed E-state index contributed by atoms with van der Waals surface area (Å²) in [7, 11) is 1.71. The van der Waals surface area contributed by atoms with Gasteiger partial charge in [0.1, 0.15) is 0 Å². The van der Waals surface area contributed by atoms with Gasteiger partial charge in [0, 0.05) is 19.1 Å². The van der Waals surface area contributed by atoms with Gasteiger partial charge in [-0.05, 0) is 82.6 Å². The van der Waals surface area contributed by atoms with Crippen LogP contribution in [0.15, 0.2) is 12.1 Å². The van der Waals surface area contributed by atoms with Gasteiger partial charge in [-0.25, -0.2) is 0 Å². The molecule has 0 spiro atoms. The van der Waals surface area contributed by atoms with E-state index in [-0.39, 0.29) is 23.9 Å². The number of ether oxygens (including phenoxy) is 3. The highest BCUT2D eigenvalue weighted by Gasteiger charge is 2.40. The summed E-state index contributed by atoms with van der Waals surface area (Å²) in [4.78, 5) is 2.46. The Bertz CT molecular complexity index is 724. The van der Waals surface area contributed by atoms with Gasteiger partial charge in [0.25, 0.3) is 0 Å². The number of benzene rings is 1. The molecule has 1 aromatic rings. The van der Waals surface area contributed by atoms with E-state index in [0.717, 1.165) is 31.0 Å². The standard InChI is InChI=1S/C24H37NO4/c1-15(16-7-6-8-16)28-22-11-17-9-10-25-14-23(29-24(2,3)4)20(26)13-19(25)18(17)12-21(22)27-5/h11-12,15-16,19-20,23,26H,6-10,13-14H2,1-5H3/t15-,19-,20-,23-/m1/s1. The van der Waals surface area contributed by atoms with E-state index < -0.39 is 6.10 Å². The van der Waals surface area contributed by atoms with Crippen LogP contribution in [0.4, 0.5) is 0 Å². The van der Waals surface area contributed by atoms with Crippen molar-refractivity contribution in [3.05, 3.63) is 23.3 Å². The van der Waals surface area contributed by atoms with Gasteiger partial charge in [-0.15, -0.1) is 0 Å². The van der Waals surface area contributed by atoms with Crippen LogP contribution in [0, 0.1) is 5.92 Å². The normalized spacial score (nSPS) is 28.8. The number of rotatable bonds is 5. The molecule has 2 aliphatic heterocycles. The van der Waals surface area contributed by atoms with Crippen molar-refractivity contribution in [1.82, 2.24) is 4.90 Å². The Hall–Kier alpha value is -1.30. The number of piperidine rings is 1. The van der Waals surface area contributed by atoms with E-state index in [1.54, 1.807) is 7.11 Å². The maximum Gasteiger partial charge on any atom is 0.161 e. The number of hydrogen-bond donors (Lipinski definition) is 1. The Labute approximate surface area is 175 Å². The van der Waals surface area contributed by atoms with Crippen LogP contribution in [0.1, 0.15) is 70.5 Å². The maximum atomic E-state index is 10.8. The number of nitrogens with zero attached hydrogens (tertiary/aromatic N) is 1. The van der Waals surface area contributed by atoms with Crippen LogP contribution in [0.25, 0.3) is 0 Å². The highest BCUT2D eigenvalue weighted by Crippen LogP contribution is 2.43. The van der Waals surface area contributed by atoms with Crippen molar-refractivity contribution in [1.29, 1.82) is 0 Å². The average molecular weight is 404 g/mol. The Kier molecular flexibility index (Phi) is 5.84. The van der Waals surface area contributed by atoms with E-state index in [4.69, 9.17) is 14.2 Å². The second-order valence-electron chi connectivity index (χ2n) is 10.0. The van der Waals surface area contributed by atoms with Crippen molar-refractivity contribution in [2.75, 3.05) is 20.2 Å². The Balaban J connectivity index is 1.54. The summed E-state index contributed by atoms with van der Waals surface area (Å²) < 4.78 is 18.2. The summed E-state index contributed by atoms with van der Waals surface area (Å²) >= 11 is 0. The second-order valence-corrected chi connectivity index (χ2v) is 10.0. The predicted molar refractivity (Wildman–Crippen MR) is 114 cm³/mol. The Morgan fingerprint density at radius 1 is 1.17 bits per heavy atom. The topological polar surface area (TPSA) is 51.2 Å². The van der Waals surface area contributed by atoms with E-state index in [1.165, 1.54) is 30.4 Å². The van der Waals surface area contributed by atoms with Crippen molar-refractivity contribution in [3.8, 4) is 11.5 Å². The van der Waals surface area contributed by atoms with E-state index in [0.29, 0.717) is 12.3 Å². The van der Waals surface area contributed by atoms with Crippen molar-refractivity contribution < 1.29 is 19.3 Å². The summed E-state index contributed by atoms with van der Waals surface area (Å²) in [6.45, 7) is 10.1. The second kappa shape index (κ2) is 8.09. The van der Waals surface area contributed by atoms with Gasteiger partial charge in [0.05, 0.1) is 31.0 Å². The zero-order valence-corrected chi connectivity index (χ0v) is 18.6. The molecule has 1 aromatic carbocycles. The Morgan fingerprint density at radius 3 is 2.55 bits per heavy atom. The lowest BCUT2D eigenvalue weighted by molar-refractivity contribution is -0.149. The molecule has 1 N–H and O–H groups in total. The minimum atomic E-state index is -0.456. The quantitative estimate of drug-likeness (QED) is 0.802. The van der Waals surface area contributed by atoms with E-state index >= 15 is 0 Å². The molecule has 1 saturated carbocycles. The minimum Gasteiger partial charge on any atom is -0.493 e. The molecule has 4 atom stereocenters. The summed E-state index contributed by atoms with van der Waals surface area (Å²) in [6.07, 6.45) is 5.16. The fourth-order valence-electron chi connectivity index (χ4n) is 5.02. The summed E-state index contributed by atoms with van der Waals surface area (Å²) in [6, 6.07) is 4.54. The summed E-state index contributed by atoms with van der Waals surface area (Å²) in [5, 5.41) is 10.8. The molecule has 5 nitrogen and oxygen atoms in total. The molecule has 0 amide bonds. The fraction of sp³-hybridized carbons (Fsp3) is 0.750. The first-order valence-electron chi connectivity index (χ1n) is 11.2. The molecule has 1 saturated heterocycles. The minimum absolute atomic E-state index is 0.138. The van der Waals surface area contributed by atoms with Crippen LogP contribution in [-0.4, -0.2) is 54.1 Å². The average Bonchev–Trinajstić information content (AvgIpc) is 2.59. The Morgan fingerprint density at radius 2 is 1.93 bits per heavy atom. The molecule has 1 aliphatic carbocycles. The number of hydrogen-bond acceptors (Lipinski definition) is 5. The van der Waals surface area contributed by atoms with Crippen molar-refractivity contribution in [3.63, 3.8) is 0 Å². The molecule has 0 unspecified atom stereocenters. The molecule has 5 heteroatoms. The number of aliphatic hydroxyl groups excluding tert-OH is 1. The molecule has 2 heterocycles. The van der Waals surface area contributed by atoms with Crippen molar-refractivity contribution in [2.45, 2.75) is 89.8 Å². The van der Waals surface area contributed by atoms with E-state index in [2.05, 4.69) is 24.0 Å². The third-order valence-corrected chi connectivity index (χ3v) is 6.83. The lowest BCUT2D eigenvalue weighted by Crippen LogP contribution is -2.53. The molecule has 4 rings (SSSR count). The lowest BCUT2D eigenvalue weighted by atomic mass is 9.81. The molecule has 0 radical (unpaired) electrons. The van der Waals surface area contributed by atoms with Gasteiger partial charge in [-0.1, -0.05) is 6.42 Å². The molecule has 3 aliphatic rings. The first kappa shape index (κ1) is 21.0. The maximum absolute atomic E-state index is 10.8. The van der Waals surface area contributed by atoms with Gasteiger partial charge >= 0.3 is 0 Å². The highest BCUT2D eigenvalue weighted by atomic mass is 16.5. The third kappa shape index (κ3) is 4.42. The van der Waals surface area contributed by atoms with E-state index in [9.17, 15) is 5.11 Å². The first-order valence-corrected chi connectivity index (χ1v) is 11.2. The summed E-state index contributed by atoms with van der Waals surface area (Å²) in [5.41, 5.74) is 2.34. The van der Waals surface area contributed by atoms with Crippen molar-refractivity contribution in [2.24, 2.45) is 5.92 Å². The monoisotopic (exact) mass is 403 g/mol. The van der Waals surface area contributed by atoms with Crippen LogP contribution >= 0.6 is 0 Å². The van der Waals surface area contributed by atoms with Crippen LogP contribution < -0.4 is 9.47 Å².